The quantitative estimate of drug-likeness (QED) is 0.755. The number of nitrogens with zero attached hydrogens (tertiary/aromatic N) is 2. The molecule has 25 heavy (non-hydrogen) atoms. The number of anilines is 1. The lowest BCUT2D eigenvalue weighted by atomic mass is 10.3. The number of carbonyl (C=O) groups excluding carboxylic acids is 1. The third-order valence-electron chi connectivity index (χ3n) is 3.66. The summed E-state index contributed by atoms with van der Waals surface area (Å²) in [6.07, 6.45) is 0. The van der Waals surface area contributed by atoms with E-state index in [4.69, 9.17) is 11.6 Å². The van der Waals surface area contributed by atoms with Gasteiger partial charge in [-0.05, 0) is 36.6 Å². The van der Waals surface area contributed by atoms with Gasteiger partial charge in [0.25, 0.3) is 5.56 Å². The largest absolute Gasteiger partial charge is 0.331 e. The van der Waals surface area contributed by atoms with Crippen LogP contribution >= 0.6 is 22.9 Å². The van der Waals surface area contributed by atoms with E-state index in [1.165, 1.54) is 28.0 Å². The summed E-state index contributed by atoms with van der Waals surface area (Å²) in [6, 6.07) is 5.48. The maximum atomic E-state index is 13.8. The summed E-state index contributed by atoms with van der Waals surface area (Å²) in [5.74, 6) is -1.26. The number of hydrogen-bond acceptors (Lipinski definition) is 4. The molecule has 1 N–H and O–H groups in total. The average Bonchev–Trinajstić information content (AvgIpc) is 3.04. The first-order valence-electron chi connectivity index (χ1n) is 7.38. The summed E-state index contributed by atoms with van der Waals surface area (Å²) in [7, 11) is 0. The van der Waals surface area contributed by atoms with E-state index >= 15 is 0 Å². The van der Waals surface area contributed by atoms with Gasteiger partial charge >= 0.3 is 5.69 Å². The zero-order valence-electron chi connectivity index (χ0n) is 13.1. The minimum Gasteiger partial charge on any atom is -0.322 e. The molecule has 0 aliphatic heterocycles. The molecule has 6 nitrogen and oxygen atoms in total. The molecule has 130 valence electrons. The molecule has 0 spiro atoms. The van der Waals surface area contributed by atoms with Gasteiger partial charge in [0.2, 0.25) is 5.91 Å². The third kappa shape index (κ3) is 3.22. The Morgan fingerprint density at radius 2 is 2.04 bits per heavy atom. The van der Waals surface area contributed by atoms with Crippen LogP contribution in [0.2, 0.25) is 5.02 Å². The van der Waals surface area contributed by atoms with Crippen LogP contribution in [-0.4, -0.2) is 15.0 Å². The van der Waals surface area contributed by atoms with Crippen LogP contribution in [0.15, 0.2) is 39.2 Å². The number of amides is 1. The summed E-state index contributed by atoms with van der Waals surface area (Å²) < 4.78 is 16.5. The van der Waals surface area contributed by atoms with Crippen LogP contribution in [0.25, 0.3) is 10.2 Å². The van der Waals surface area contributed by atoms with Gasteiger partial charge in [-0.3, -0.25) is 18.7 Å². The first kappa shape index (κ1) is 17.4. The fourth-order valence-electron chi connectivity index (χ4n) is 2.49. The van der Waals surface area contributed by atoms with E-state index in [2.05, 4.69) is 5.32 Å². The van der Waals surface area contributed by atoms with Gasteiger partial charge in [0.05, 0.1) is 11.2 Å². The van der Waals surface area contributed by atoms with Crippen LogP contribution in [0.5, 0.6) is 0 Å². The smallest absolute Gasteiger partial charge is 0.322 e. The van der Waals surface area contributed by atoms with Crippen molar-refractivity contribution in [3.63, 3.8) is 0 Å². The van der Waals surface area contributed by atoms with E-state index < -0.39 is 17.4 Å². The normalized spacial score (nSPS) is 11.0. The number of nitrogens with one attached hydrogen (secondary N) is 1. The Labute approximate surface area is 150 Å². The van der Waals surface area contributed by atoms with E-state index in [1.807, 2.05) is 0 Å². The molecule has 9 heteroatoms. The molecule has 0 saturated heterocycles. The summed E-state index contributed by atoms with van der Waals surface area (Å²) in [5, 5.41) is 4.30. The van der Waals surface area contributed by atoms with E-state index in [0.29, 0.717) is 10.2 Å². The highest BCUT2D eigenvalue weighted by Crippen LogP contribution is 2.19. The molecule has 0 unspecified atom stereocenters. The molecular formula is C16H13ClFN3O3S. The van der Waals surface area contributed by atoms with E-state index in [-0.39, 0.29) is 29.4 Å². The monoisotopic (exact) mass is 381 g/mol. The Balaban J connectivity index is 1.97. The predicted molar refractivity (Wildman–Crippen MR) is 96.1 cm³/mol. The molecule has 0 aliphatic rings. The third-order valence-corrected chi connectivity index (χ3v) is 4.79. The number of carbonyl (C=O) groups is 1. The number of halogens is 2. The van der Waals surface area contributed by atoms with E-state index in [9.17, 15) is 18.8 Å². The minimum absolute atomic E-state index is 0.0344. The first-order valence-corrected chi connectivity index (χ1v) is 8.64. The number of aromatic nitrogens is 2. The van der Waals surface area contributed by atoms with Gasteiger partial charge in [-0.1, -0.05) is 11.6 Å². The summed E-state index contributed by atoms with van der Waals surface area (Å²) >= 11 is 6.88. The van der Waals surface area contributed by atoms with Gasteiger partial charge in [0.1, 0.15) is 17.1 Å². The number of hydrogen-bond donors (Lipinski definition) is 1. The molecule has 3 rings (SSSR count). The summed E-state index contributed by atoms with van der Waals surface area (Å²) in [6.45, 7) is 1.53. The molecule has 1 aromatic carbocycles. The van der Waals surface area contributed by atoms with E-state index in [1.54, 1.807) is 18.4 Å². The van der Waals surface area contributed by atoms with Crippen LogP contribution in [0.1, 0.15) is 6.92 Å². The highest BCUT2D eigenvalue weighted by molar-refractivity contribution is 7.17. The molecule has 0 atom stereocenters. The molecular weight excluding hydrogens is 369 g/mol. The molecule has 0 fully saturated rings. The lowest BCUT2D eigenvalue weighted by Crippen LogP contribution is -2.40. The standard InChI is InChI=1S/C16H13ClFN3O3S/c1-2-20-15(23)14-12(5-6-25-14)21(16(20)24)8-13(22)19-11-4-3-9(17)7-10(11)18/h3-7H,2,8H2,1H3,(H,19,22). The van der Waals surface area contributed by atoms with Crippen molar-refractivity contribution in [1.82, 2.24) is 9.13 Å². The highest BCUT2D eigenvalue weighted by atomic mass is 35.5. The zero-order valence-corrected chi connectivity index (χ0v) is 14.7. The van der Waals surface area contributed by atoms with Gasteiger partial charge in [0.15, 0.2) is 0 Å². The van der Waals surface area contributed by atoms with Crippen molar-refractivity contribution in [1.29, 1.82) is 0 Å². The highest BCUT2D eigenvalue weighted by Gasteiger charge is 2.16. The minimum atomic E-state index is -0.674. The van der Waals surface area contributed by atoms with Crippen molar-refractivity contribution in [3.8, 4) is 0 Å². The van der Waals surface area contributed by atoms with E-state index in [0.717, 1.165) is 10.6 Å². The van der Waals surface area contributed by atoms with Crippen LogP contribution < -0.4 is 16.6 Å². The fourth-order valence-corrected chi connectivity index (χ4v) is 3.49. The second-order valence-corrected chi connectivity index (χ2v) is 6.58. The van der Waals surface area contributed by atoms with Gasteiger partial charge in [-0.25, -0.2) is 9.18 Å². The average molecular weight is 382 g/mol. The van der Waals surface area contributed by atoms with Crippen LogP contribution in [0.3, 0.4) is 0 Å². The van der Waals surface area contributed by atoms with Crippen LogP contribution in [0.4, 0.5) is 10.1 Å². The Morgan fingerprint density at radius 1 is 1.28 bits per heavy atom. The Hall–Kier alpha value is -2.45. The molecule has 3 aromatic rings. The van der Waals surface area contributed by atoms with Gasteiger partial charge in [0, 0.05) is 11.6 Å². The maximum absolute atomic E-state index is 13.8. The summed E-state index contributed by atoms with van der Waals surface area (Å²) in [4.78, 5) is 37.0. The number of rotatable bonds is 4. The van der Waals surface area contributed by atoms with Gasteiger partial charge < -0.3 is 5.32 Å². The Bertz CT molecular complexity index is 1090. The van der Waals surface area contributed by atoms with Crippen molar-refractivity contribution in [2.75, 3.05) is 5.32 Å². The fraction of sp³-hybridized carbons (Fsp3) is 0.188. The predicted octanol–water partition coefficient (Wildman–Crippen LogP) is 2.68. The first-order chi connectivity index (χ1) is 11.9. The lowest BCUT2D eigenvalue weighted by Gasteiger charge is -2.11. The van der Waals surface area contributed by atoms with Crippen molar-refractivity contribution < 1.29 is 9.18 Å². The van der Waals surface area contributed by atoms with Crippen molar-refractivity contribution in [2.45, 2.75) is 20.0 Å². The Kier molecular flexibility index (Phi) is 4.73. The number of benzene rings is 1. The lowest BCUT2D eigenvalue weighted by molar-refractivity contribution is -0.116. The maximum Gasteiger partial charge on any atom is 0.331 e. The van der Waals surface area contributed by atoms with Crippen LogP contribution in [0, 0.1) is 5.82 Å². The molecule has 1 amide bonds. The molecule has 0 saturated carbocycles. The van der Waals surface area contributed by atoms with Crippen molar-refractivity contribution >= 4 is 44.7 Å². The Morgan fingerprint density at radius 3 is 2.72 bits per heavy atom. The molecule has 0 radical (unpaired) electrons. The molecule has 2 aromatic heterocycles. The van der Waals surface area contributed by atoms with Gasteiger partial charge in [-0.15, -0.1) is 11.3 Å². The molecule has 2 heterocycles. The molecule has 0 bridgehead atoms. The van der Waals surface area contributed by atoms with Gasteiger partial charge in [-0.2, -0.15) is 0 Å². The second-order valence-electron chi connectivity index (χ2n) is 5.23. The summed E-state index contributed by atoms with van der Waals surface area (Å²) in [5.41, 5.74) is -0.604. The number of thiophene rings is 1. The SMILES string of the molecule is CCn1c(=O)c2sccc2n(CC(=O)Nc2ccc(Cl)cc2F)c1=O. The van der Waals surface area contributed by atoms with Crippen LogP contribution in [-0.2, 0) is 17.9 Å². The number of fused-ring (bicyclic) bond motifs is 1. The molecule has 0 aliphatic carbocycles. The topological polar surface area (TPSA) is 73.1 Å². The van der Waals surface area contributed by atoms with Crippen molar-refractivity contribution in [3.05, 3.63) is 61.3 Å². The zero-order chi connectivity index (χ0) is 18.1. The van der Waals surface area contributed by atoms with Crippen molar-refractivity contribution in [2.24, 2.45) is 0 Å². The second kappa shape index (κ2) is 6.81.